The van der Waals surface area contributed by atoms with E-state index in [0.717, 1.165) is 22.3 Å². The van der Waals surface area contributed by atoms with Crippen molar-refractivity contribution in [2.24, 2.45) is 11.8 Å². The van der Waals surface area contributed by atoms with Crippen LogP contribution >= 0.6 is 0 Å². The summed E-state index contributed by atoms with van der Waals surface area (Å²) in [7, 11) is 2.87. The monoisotopic (exact) mass is 768 g/mol. The van der Waals surface area contributed by atoms with Gasteiger partial charge in [0, 0.05) is 38.9 Å². The summed E-state index contributed by atoms with van der Waals surface area (Å²) in [5.41, 5.74) is 5.01. The van der Waals surface area contributed by atoms with Crippen LogP contribution in [-0.4, -0.2) is 94.4 Å². The van der Waals surface area contributed by atoms with E-state index in [1.807, 2.05) is 48.5 Å². The van der Waals surface area contributed by atoms with Crippen molar-refractivity contribution in [3.05, 3.63) is 109 Å². The average Bonchev–Trinajstić information content (AvgIpc) is 3.22. The van der Waals surface area contributed by atoms with Crippen molar-refractivity contribution in [3.63, 3.8) is 0 Å². The van der Waals surface area contributed by atoms with E-state index in [-0.39, 0.29) is 25.0 Å². The van der Waals surface area contributed by atoms with Gasteiger partial charge in [-0.15, -0.1) is 0 Å². The Morgan fingerprint density at radius 3 is 1.11 bits per heavy atom. The number of carbonyl (C=O) groups is 4. The highest BCUT2D eigenvalue weighted by Gasteiger charge is 2.42. The van der Waals surface area contributed by atoms with E-state index >= 15 is 0 Å². The number of aromatic nitrogens is 2. The summed E-state index contributed by atoms with van der Waals surface area (Å²) in [6, 6.07) is 20.1. The van der Waals surface area contributed by atoms with E-state index in [4.69, 9.17) is 9.47 Å². The zero-order valence-electron chi connectivity index (χ0n) is 32.5. The number of pyridine rings is 2. The molecule has 0 radical (unpaired) electrons. The first kappa shape index (κ1) is 43.2. The Labute approximate surface area is 327 Å². The van der Waals surface area contributed by atoms with Gasteiger partial charge in [0.1, 0.15) is 24.3 Å². The summed E-state index contributed by atoms with van der Waals surface area (Å²) in [5.74, 6) is -3.46. The number of rotatable bonds is 19. The van der Waals surface area contributed by atoms with Crippen LogP contribution < -0.4 is 21.3 Å². The second kappa shape index (κ2) is 20.9. The van der Waals surface area contributed by atoms with Crippen molar-refractivity contribution in [1.29, 1.82) is 0 Å². The van der Waals surface area contributed by atoms with Crippen LogP contribution in [0.1, 0.15) is 38.8 Å². The fourth-order valence-electron chi connectivity index (χ4n) is 5.92. The number of nitrogens with zero attached hydrogens (tertiary/aromatic N) is 2. The lowest BCUT2D eigenvalue weighted by Gasteiger charge is -2.32. The Morgan fingerprint density at radius 1 is 0.518 bits per heavy atom. The van der Waals surface area contributed by atoms with E-state index in [2.05, 4.69) is 31.2 Å². The van der Waals surface area contributed by atoms with Crippen molar-refractivity contribution < 1.29 is 38.9 Å². The molecule has 4 aromatic rings. The first-order chi connectivity index (χ1) is 26.8. The molecule has 0 spiro atoms. The molecule has 0 aliphatic rings. The number of hydrogen-bond acceptors (Lipinski definition) is 10. The lowest BCUT2D eigenvalue weighted by atomic mass is 9.98. The molecule has 6 N–H and O–H groups in total. The standard InChI is InChI=1S/C42H52N6O8/c1-25(2)33(39(51)43-5)47-41(53)37(55-23-27-7-11-29(12-8-27)31-15-19-45-20-16-31)35(49)36(50)38(42(54)48-34(26(3)4)40(52)44-6)56-24-28-9-13-30(14-10-28)32-17-21-46-22-18-32/h7-22,25-26,33-38,49-50H,23-24H2,1-6H3,(H,43,51)(H,44,52)(H,47,53)(H,48,54)/t33-,34-,35+,36+,37+,38+/m0/s1. The molecule has 6 atom stereocenters. The Kier molecular flexibility index (Phi) is 16.2. The molecule has 14 heteroatoms. The number of carbonyl (C=O) groups excluding carboxylic acids is 4. The number of hydrogen-bond donors (Lipinski definition) is 6. The highest BCUT2D eigenvalue weighted by atomic mass is 16.5. The fourth-order valence-corrected chi connectivity index (χ4v) is 5.92. The van der Waals surface area contributed by atoms with Gasteiger partial charge in [-0.25, -0.2) is 0 Å². The summed E-state index contributed by atoms with van der Waals surface area (Å²) in [6.45, 7) is 6.58. The normalized spacial score (nSPS) is 14.5. The Hall–Kier alpha value is -5.54. The minimum atomic E-state index is -2.05. The number of aliphatic hydroxyl groups excluding tert-OH is 2. The predicted octanol–water partition coefficient (Wildman–Crippen LogP) is 2.78. The largest absolute Gasteiger partial charge is 0.387 e. The van der Waals surface area contributed by atoms with Crippen LogP contribution in [0.3, 0.4) is 0 Å². The maximum Gasteiger partial charge on any atom is 0.252 e. The van der Waals surface area contributed by atoms with Gasteiger partial charge in [0.25, 0.3) is 11.8 Å². The molecule has 0 aliphatic carbocycles. The molecule has 14 nitrogen and oxygen atoms in total. The van der Waals surface area contributed by atoms with Crippen molar-refractivity contribution >= 4 is 23.6 Å². The van der Waals surface area contributed by atoms with E-state index in [9.17, 15) is 29.4 Å². The summed E-state index contributed by atoms with van der Waals surface area (Å²) in [6.07, 6.45) is -0.928. The molecule has 2 heterocycles. The summed E-state index contributed by atoms with van der Waals surface area (Å²) >= 11 is 0. The number of nitrogens with one attached hydrogen (secondary N) is 4. The van der Waals surface area contributed by atoms with Crippen LogP contribution in [0, 0.1) is 11.8 Å². The van der Waals surface area contributed by atoms with E-state index in [0.29, 0.717) is 11.1 Å². The van der Waals surface area contributed by atoms with Gasteiger partial charge in [-0.2, -0.15) is 0 Å². The number of aliphatic hydroxyl groups is 2. The quantitative estimate of drug-likeness (QED) is 0.0825. The summed E-state index contributed by atoms with van der Waals surface area (Å²) in [4.78, 5) is 61.3. The first-order valence-electron chi connectivity index (χ1n) is 18.5. The maximum atomic E-state index is 13.9. The molecule has 0 fully saturated rings. The fraction of sp³-hybridized carbons (Fsp3) is 0.381. The van der Waals surface area contributed by atoms with Gasteiger partial charge in [0.05, 0.1) is 13.2 Å². The number of benzene rings is 2. The SMILES string of the molecule is CNC(=O)[C@@H](NC(=O)[C@H](OCc1ccc(-c2ccncc2)cc1)[C@H](O)[C@@H](O)[C@@H](OCc1ccc(-c2ccncc2)cc1)C(=O)N[C@H](C(=O)NC)C(C)C)C(C)C. The highest BCUT2D eigenvalue weighted by molar-refractivity contribution is 5.91. The molecule has 0 saturated carbocycles. The lowest BCUT2D eigenvalue weighted by Crippen LogP contribution is -2.60. The molecule has 2 aromatic carbocycles. The molecule has 0 bridgehead atoms. The van der Waals surface area contributed by atoms with Gasteiger partial charge in [-0.3, -0.25) is 29.1 Å². The summed E-state index contributed by atoms with van der Waals surface area (Å²) < 4.78 is 12.0. The van der Waals surface area contributed by atoms with Gasteiger partial charge < -0.3 is 41.0 Å². The highest BCUT2D eigenvalue weighted by Crippen LogP contribution is 2.22. The minimum absolute atomic E-state index is 0.182. The Balaban J connectivity index is 1.63. The lowest BCUT2D eigenvalue weighted by molar-refractivity contribution is -0.171. The third kappa shape index (κ3) is 11.7. The smallest absolute Gasteiger partial charge is 0.252 e. The van der Waals surface area contributed by atoms with Crippen molar-refractivity contribution in [2.45, 2.75) is 77.4 Å². The van der Waals surface area contributed by atoms with Crippen LogP contribution in [0.5, 0.6) is 0 Å². The average molecular weight is 769 g/mol. The molecule has 298 valence electrons. The van der Waals surface area contributed by atoms with Crippen LogP contribution in [-0.2, 0) is 41.9 Å². The zero-order chi connectivity index (χ0) is 40.8. The number of ether oxygens (including phenoxy) is 2. The molecule has 0 saturated heterocycles. The molecule has 4 rings (SSSR count). The van der Waals surface area contributed by atoms with Crippen LogP contribution in [0.15, 0.2) is 97.6 Å². The molecule has 56 heavy (non-hydrogen) atoms. The molecular formula is C42H52N6O8. The van der Waals surface area contributed by atoms with E-state index in [1.54, 1.807) is 76.7 Å². The number of likely N-dealkylation sites (N-methyl/N-ethyl adjacent to an activating group) is 2. The topological polar surface area (TPSA) is 201 Å². The van der Waals surface area contributed by atoms with Crippen molar-refractivity contribution in [1.82, 2.24) is 31.2 Å². The predicted molar refractivity (Wildman–Crippen MR) is 210 cm³/mol. The van der Waals surface area contributed by atoms with Crippen LogP contribution in [0.25, 0.3) is 22.3 Å². The van der Waals surface area contributed by atoms with Crippen LogP contribution in [0.2, 0.25) is 0 Å². The Morgan fingerprint density at radius 2 is 0.821 bits per heavy atom. The maximum absolute atomic E-state index is 13.9. The third-order valence-electron chi connectivity index (χ3n) is 9.27. The minimum Gasteiger partial charge on any atom is -0.387 e. The molecule has 2 aromatic heterocycles. The third-order valence-corrected chi connectivity index (χ3v) is 9.27. The second-order valence-corrected chi connectivity index (χ2v) is 14.0. The molecule has 4 amide bonds. The van der Waals surface area contributed by atoms with Gasteiger partial charge >= 0.3 is 0 Å². The molecular weight excluding hydrogens is 716 g/mol. The van der Waals surface area contributed by atoms with Crippen LogP contribution in [0.4, 0.5) is 0 Å². The summed E-state index contributed by atoms with van der Waals surface area (Å²) in [5, 5.41) is 33.8. The first-order valence-corrected chi connectivity index (χ1v) is 18.5. The van der Waals surface area contributed by atoms with E-state index < -0.39 is 60.1 Å². The molecule has 0 aliphatic heterocycles. The van der Waals surface area contributed by atoms with Gasteiger partial charge in [0.2, 0.25) is 11.8 Å². The zero-order valence-corrected chi connectivity index (χ0v) is 32.5. The van der Waals surface area contributed by atoms with Gasteiger partial charge in [-0.1, -0.05) is 76.2 Å². The van der Waals surface area contributed by atoms with Crippen molar-refractivity contribution in [3.8, 4) is 22.3 Å². The second-order valence-electron chi connectivity index (χ2n) is 14.0. The Bertz CT molecular complexity index is 1720. The van der Waals surface area contributed by atoms with Crippen molar-refractivity contribution in [2.75, 3.05) is 14.1 Å². The molecule has 0 unspecified atom stereocenters. The van der Waals surface area contributed by atoms with Gasteiger partial charge in [0.15, 0.2) is 12.2 Å². The van der Waals surface area contributed by atoms with E-state index in [1.165, 1.54) is 14.1 Å². The number of amides is 4. The van der Waals surface area contributed by atoms with Gasteiger partial charge in [-0.05, 0) is 69.5 Å².